The number of hydrogen-bond donors (Lipinski definition) is 2. The molecule has 0 aliphatic carbocycles. The summed E-state index contributed by atoms with van der Waals surface area (Å²) in [5, 5.41) is 0. The Kier molecular flexibility index (Phi) is 5.52. The van der Waals surface area contributed by atoms with E-state index in [1.807, 2.05) is 0 Å². The summed E-state index contributed by atoms with van der Waals surface area (Å²) >= 11 is 0. The summed E-state index contributed by atoms with van der Waals surface area (Å²) in [6.45, 7) is 0.806. The Morgan fingerprint density at radius 3 is 2.40 bits per heavy atom. The first kappa shape index (κ1) is 16.9. The molecule has 1 aliphatic heterocycles. The highest BCUT2D eigenvalue weighted by Gasteiger charge is 2.34. The van der Waals surface area contributed by atoms with Gasteiger partial charge in [-0.3, -0.25) is 4.79 Å². The van der Waals surface area contributed by atoms with Gasteiger partial charge in [0.15, 0.2) is 0 Å². The molecular weight excluding hydrogens is 302 g/mol. The van der Waals surface area contributed by atoms with Crippen LogP contribution in [0.15, 0.2) is 29.2 Å². The summed E-state index contributed by atoms with van der Waals surface area (Å²) in [7, 11) is -3.54. The second-order valence-corrected chi connectivity index (χ2v) is 6.43. The average Bonchev–Trinajstić information content (AvgIpc) is 2.87. The van der Waals surface area contributed by atoms with Gasteiger partial charge in [-0.25, -0.2) is 8.42 Å². The minimum atomic E-state index is -3.54. The third-order valence-corrected chi connectivity index (χ3v) is 5.31. The van der Waals surface area contributed by atoms with Crippen LogP contribution in [0.1, 0.15) is 23.2 Å². The molecule has 1 unspecified atom stereocenters. The molecule has 6 nitrogen and oxygen atoms in total. The molecule has 0 saturated carbocycles. The smallest absolute Gasteiger partial charge is 0.248 e. The van der Waals surface area contributed by atoms with Gasteiger partial charge in [-0.15, -0.1) is 12.4 Å². The van der Waals surface area contributed by atoms with Gasteiger partial charge in [0.05, 0.1) is 4.90 Å². The van der Waals surface area contributed by atoms with Crippen LogP contribution >= 0.6 is 12.4 Å². The van der Waals surface area contributed by atoms with Crippen molar-refractivity contribution < 1.29 is 13.2 Å². The maximum Gasteiger partial charge on any atom is 0.248 e. The average molecular weight is 320 g/mol. The van der Waals surface area contributed by atoms with Crippen molar-refractivity contribution >= 4 is 28.3 Å². The summed E-state index contributed by atoms with van der Waals surface area (Å²) in [6, 6.07) is 5.51. The van der Waals surface area contributed by atoms with Gasteiger partial charge >= 0.3 is 0 Å². The van der Waals surface area contributed by atoms with Crippen molar-refractivity contribution in [1.29, 1.82) is 0 Å². The molecule has 20 heavy (non-hydrogen) atoms. The lowest BCUT2D eigenvalue weighted by molar-refractivity contribution is 0.1000. The number of nitrogens with two attached hydrogens (primary N) is 2. The number of amides is 1. The lowest BCUT2D eigenvalue weighted by Gasteiger charge is -2.22. The molecule has 1 atom stereocenters. The van der Waals surface area contributed by atoms with Crippen molar-refractivity contribution in [2.75, 3.05) is 13.1 Å². The van der Waals surface area contributed by atoms with Crippen molar-refractivity contribution in [3.8, 4) is 0 Å². The van der Waals surface area contributed by atoms with Gasteiger partial charge in [0.2, 0.25) is 15.9 Å². The SMILES string of the molecule is Cl.NCC1CCCN1S(=O)(=O)c1ccc(C(N)=O)cc1. The van der Waals surface area contributed by atoms with Crippen LogP contribution in [0, 0.1) is 0 Å². The zero-order valence-corrected chi connectivity index (χ0v) is 12.5. The maximum absolute atomic E-state index is 12.4. The fourth-order valence-electron chi connectivity index (χ4n) is 2.29. The van der Waals surface area contributed by atoms with Gasteiger partial charge in [-0.05, 0) is 37.1 Å². The molecule has 0 radical (unpaired) electrons. The lowest BCUT2D eigenvalue weighted by atomic mass is 10.2. The van der Waals surface area contributed by atoms with E-state index in [1.165, 1.54) is 28.6 Å². The monoisotopic (exact) mass is 319 g/mol. The minimum Gasteiger partial charge on any atom is -0.366 e. The second kappa shape index (κ2) is 6.53. The molecule has 4 N–H and O–H groups in total. The molecule has 1 aliphatic rings. The molecule has 2 rings (SSSR count). The number of carbonyl (C=O) groups is 1. The number of rotatable bonds is 4. The van der Waals surface area contributed by atoms with E-state index in [0.717, 1.165) is 12.8 Å². The first-order valence-corrected chi connectivity index (χ1v) is 7.52. The van der Waals surface area contributed by atoms with Gasteiger partial charge in [0.1, 0.15) is 0 Å². The van der Waals surface area contributed by atoms with E-state index < -0.39 is 15.9 Å². The standard InChI is InChI=1S/C12H17N3O3S.ClH/c13-8-10-2-1-7-15(10)19(17,18)11-5-3-9(4-6-11)12(14)16;/h3-6,10H,1-2,7-8,13H2,(H2,14,16);1H. The van der Waals surface area contributed by atoms with Crippen LogP contribution in [0.2, 0.25) is 0 Å². The number of carbonyl (C=O) groups excluding carboxylic acids is 1. The molecule has 0 spiro atoms. The van der Waals surface area contributed by atoms with Gasteiger partial charge in [0, 0.05) is 24.7 Å². The first-order chi connectivity index (χ1) is 8.96. The van der Waals surface area contributed by atoms with E-state index in [0.29, 0.717) is 13.1 Å². The molecule has 1 aromatic rings. The third kappa shape index (κ3) is 3.12. The molecule has 1 saturated heterocycles. The number of primary amides is 1. The van der Waals surface area contributed by atoms with Crippen LogP contribution in [0.5, 0.6) is 0 Å². The van der Waals surface area contributed by atoms with Crippen LogP contribution in [-0.2, 0) is 10.0 Å². The zero-order chi connectivity index (χ0) is 14.0. The van der Waals surface area contributed by atoms with E-state index in [4.69, 9.17) is 11.5 Å². The molecule has 0 aromatic heterocycles. The molecule has 1 amide bonds. The van der Waals surface area contributed by atoms with Crippen LogP contribution < -0.4 is 11.5 Å². The Balaban J connectivity index is 0.00000200. The maximum atomic E-state index is 12.4. The van der Waals surface area contributed by atoms with E-state index >= 15 is 0 Å². The summed E-state index contributed by atoms with van der Waals surface area (Å²) in [6.07, 6.45) is 1.61. The third-order valence-electron chi connectivity index (χ3n) is 3.34. The Labute approximate surface area is 124 Å². The molecular formula is C12H18ClN3O3S. The molecule has 112 valence electrons. The van der Waals surface area contributed by atoms with Gasteiger partial charge in [0.25, 0.3) is 0 Å². The predicted octanol–water partition coefficient (Wildman–Crippen LogP) is 0.319. The van der Waals surface area contributed by atoms with Gasteiger partial charge < -0.3 is 11.5 Å². The van der Waals surface area contributed by atoms with Crippen molar-refractivity contribution in [3.63, 3.8) is 0 Å². The summed E-state index contributed by atoms with van der Waals surface area (Å²) < 4.78 is 26.3. The van der Waals surface area contributed by atoms with Gasteiger partial charge in [-0.2, -0.15) is 4.31 Å². The fourth-order valence-corrected chi connectivity index (χ4v) is 3.99. The number of nitrogens with zero attached hydrogens (tertiary/aromatic N) is 1. The van der Waals surface area contributed by atoms with Crippen molar-refractivity contribution in [3.05, 3.63) is 29.8 Å². The molecule has 1 aromatic carbocycles. The zero-order valence-electron chi connectivity index (χ0n) is 10.9. The molecule has 0 bridgehead atoms. The van der Waals surface area contributed by atoms with Crippen LogP contribution in [0.3, 0.4) is 0 Å². The Bertz CT molecular complexity index is 574. The van der Waals surface area contributed by atoms with E-state index in [1.54, 1.807) is 0 Å². The lowest BCUT2D eigenvalue weighted by Crippen LogP contribution is -2.39. The second-order valence-electron chi connectivity index (χ2n) is 4.54. The number of benzene rings is 1. The van der Waals surface area contributed by atoms with E-state index in [2.05, 4.69) is 0 Å². The summed E-state index contributed by atoms with van der Waals surface area (Å²) in [4.78, 5) is 11.1. The van der Waals surface area contributed by atoms with Crippen molar-refractivity contribution in [2.45, 2.75) is 23.8 Å². The Hall–Kier alpha value is -1.15. The van der Waals surface area contributed by atoms with Crippen LogP contribution in [0.25, 0.3) is 0 Å². The molecule has 1 heterocycles. The van der Waals surface area contributed by atoms with Gasteiger partial charge in [-0.1, -0.05) is 0 Å². The molecule has 8 heteroatoms. The highest BCUT2D eigenvalue weighted by molar-refractivity contribution is 7.89. The fraction of sp³-hybridized carbons (Fsp3) is 0.417. The Morgan fingerprint density at radius 2 is 1.90 bits per heavy atom. The van der Waals surface area contributed by atoms with E-state index in [9.17, 15) is 13.2 Å². The highest BCUT2D eigenvalue weighted by atomic mass is 35.5. The van der Waals surface area contributed by atoms with Crippen LogP contribution in [0.4, 0.5) is 0 Å². The molecule has 1 fully saturated rings. The normalized spacial score (nSPS) is 19.6. The number of sulfonamides is 1. The Morgan fingerprint density at radius 1 is 1.30 bits per heavy atom. The number of hydrogen-bond acceptors (Lipinski definition) is 4. The quantitative estimate of drug-likeness (QED) is 0.833. The van der Waals surface area contributed by atoms with Crippen LogP contribution in [-0.4, -0.2) is 37.8 Å². The van der Waals surface area contributed by atoms with Crippen molar-refractivity contribution in [2.24, 2.45) is 11.5 Å². The minimum absolute atomic E-state index is 0. The van der Waals surface area contributed by atoms with E-state index in [-0.39, 0.29) is 28.9 Å². The summed E-state index contributed by atoms with van der Waals surface area (Å²) in [5.41, 5.74) is 11.0. The highest BCUT2D eigenvalue weighted by Crippen LogP contribution is 2.25. The predicted molar refractivity (Wildman–Crippen MR) is 78.2 cm³/mol. The first-order valence-electron chi connectivity index (χ1n) is 6.08. The summed E-state index contributed by atoms with van der Waals surface area (Å²) in [5.74, 6) is -0.579. The largest absolute Gasteiger partial charge is 0.366 e. The number of halogens is 1. The topological polar surface area (TPSA) is 106 Å². The van der Waals surface area contributed by atoms with Crippen molar-refractivity contribution in [1.82, 2.24) is 4.31 Å².